The smallest absolute Gasteiger partial charge is 0.203 e. The van der Waals surface area contributed by atoms with Crippen LogP contribution in [0.15, 0.2) is 84.9 Å². The second-order valence-corrected chi connectivity index (χ2v) is 15.8. The number of carbonyl (C=O) groups is 1. The van der Waals surface area contributed by atoms with Crippen molar-refractivity contribution in [2.45, 2.75) is 51.4 Å². The van der Waals surface area contributed by atoms with E-state index in [1.807, 2.05) is 30.3 Å². The number of unbranched alkanes of at least 4 members (excludes halogenated alkanes) is 6. The first-order valence-electron chi connectivity index (χ1n) is 20.8. The molecule has 0 spiro atoms. The van der Waals surface area contributed by atoms with Crippen molar-refractivity contribution in [1.29, 1.82) is 0 Å². The van der Waals surface area contributed by atoms with E-state index in [4.69, 9.17) is 33.4 Å². The molecule has 0 bridgehead atoms. The first-order valence-corrected chi connectivity index (χ1v) is 21.7. The van der Waals surface area contributed by atoms with Crippen LogP contribution in [0.1, 0.15) is 67.3 Å². The number of benzene rings is 4. The molecule has 2 heterocycles. The standard InChI is InChI=1S/C48H59N3O7S/c1-53-42-23-21-36(20-22-41(52)38-34-44(54-2)47(56-4)45(35-38)55-3)32-43(42)58-31-14-8-6-12-25-51-28-26-50(27-29-51)24-11-5-7-13-30-57-39-17-15-16-37(33-39)48-49-40-18-9-10-19-46(40)59-48/h9-10,15-23,32-35H,5-8,11-14,24-31H2,1-4H3/b22-20+. The fourth-order valence-electron chi connectivity index (χ4n) is 7.31. The highest BCUT2D eigenvalue weighted by Crippen LogP contribution is 2.38. The van der Waals surface area contributed by atoms with Gasteiger partial charge in [-0.2, -0.15) is 0 Å². The number of fused-ring (bicyclic) bond motifs is 1. The Hall–Kier alpha value is -5.10. The molecule has 0 aliphatic carbocycles. The van der Waals surface area contributed by atoms with Crippen LogP contribution in [0.2, 0.25) is 0 Å². The Morgan fingerprint density at radius 1 is 0.644 bits per heavy atom. The topological polar surface area (TPSA) is 91.8 Å². The molecule has 5 aromatic rings. The predicted octanol–water partition coefficient (Wildman–Crippen LogP) is 10.1. The second-order valence-electron chi connectivity index (χ2n) is 14.7. The number of para-hydroxylation sites is 1. The van der Waals surface area contributed by atoms with E-state index in [1.165, 1.54) is 70.8 Å². The summed E-state index contributed by atoms with van der Waals surface area (Å²) in [6, 6.07) is 25.6. The van der Waals surface area contributed by atoms with Crippen molar-refractivity contribution in [3.05, 3.63) is 96.1 Å². The van der Waals surface area contributed by atoms with Crippen LogP contribution in [0.4, 0.5) is 0 Å². The highest BCUT2D eigenvalue weighted by molar-refractivity contribution is 7.21. The maximum absolute atomic E-state index is 13.0. The average Bonchev–Trinajstić information content (AvgIpc) is 3.72. The summed E-state index contributed by atoms with van der Waals surface area (Å²) < 4.78 is 35.2. The molecule has 6 rings (SSSR count). The third-order valence-corrected chi connectivity index (χ3v) is 11.8. The molecule has 59 heavy (non-hydrogen) atoms. The van der Waals surface area contributed by atoms with E-state index < -0.39 is 0 Å². The monoisotopic (exact) mass is 821 g/mol. The molecule has 1 aliphatic rings. The Labute approximate surface area is 353 Å². The van der Waals surface area contributed by atoms with Crippen LogP contribution in [0.5, 0.6) is 34.5 Å². The first kappa shape index (κ1) is 43.5. The van der Waals surface area contributed by atoms with Crippen molar-refractivity contribution >= 4 is 33.4 Å². The Morgan fingerprint density at radius 3 is 1.93 bits per heavy atom. The molecule has 0 amide bonds. The van der Waals surface area contributed by atoms with Crippen molar-refractivity contribution in [2.75, 3.05) is 80.9 Å². The van der Waals surface area contributed by atoms with Crippen molar-refractivity contribution < 1.29 is 33.2 Å². The maximum Gasteiger partial charge on any atom is 0.203 e. The van der Waals surface area contributed by atoms with Crippen molar-refractivity contribution in [2.24, 2.45) is 0 Å². The number of allylic oxidation sites excluding steroid dienone is 1. The van der Waals surface area contributed by atoms with Crippen molar-refractivity contribution in [3.63, 3.8) is 0 Å². The minimum absolute atomic E-state index is 0.186. The summed E-state index contributed by atoms with van der Waals surface area (Å²) in [6.07, 6.45) is 12.5. The minimum Gasteiger partial charge on any atom is -0.494 e. The van der Waals surface area contributed by atoms with Crippen LogP contribution < -0.4 is 28.4 Å². The number of ether oxygens (including phenoxy) is 6. The number of carbonyl (C=O) groups excluding carboxylic acids is 1. The number of ketones is 1. The number of hydrogen-bond donors (Lipinski definition) is 0. The summed E-state index contributed by atoms with van der Waals surface area (Å²) in [5.41, 5.74) is 3.43. The lowest BCUT2D eigenvalue weighted by molar-refractivity contribution is 0.104. The molecule has 0 N–H and O–H groups in total. The molecule has 314 valence electrons. The van der Waals surface area contributed by atoms with Crippen LogP contribution in [0.25, 0.3) is 26.9 Å². The van der Waals surface area contributed by atoms with Crippen LogP contribution >= 0.6 is 11.3 Å². The van der Waals surface area contributed by atoms with E-state index in [0.29, 0.717) is 40.9 Å². The van der Waals surface area contributed by atoms with Gasteiger partial charge in [0.25, 0.3) is 0 Å². The molecule has 0 radical (unpaired) electrons. The highest BCUT2D eigenvalue weighted by Gasteiger charge is 2.17. The summed E-state index contributed by atoms with van der Waals surface area (Å²) in [5.74, 6) is 3.37. The molecule has 11 heteroatoms. The summed E-state index contributed by atoms with van der Waals surface area (Å²) in [5, 5.41) is 1.04. The van der Waals surface area contributed by atoms with Gasteiger partial charge < -0.3 is 38.2 Å². The van der Waals surface area contributed by atoms with Gasteiger partial charge in [-0.25, -0.2) is 4.98 Å². The van der Waals surface area contributed by atoms with Crippen LogP contribution in [0.3, 0.4) is 0 Å². The quantitative estimate of drug-likeness (QED) is 0.0340. The lowest BCUT2D eigenvalue weighted by atomic mass is 10.1. The molecule has 0 saturated carbocycles. The number of rotatable bonds is 24. The molecule has 0 unspecified atom stereocenters. The Morgan fingerprint density at radius 2 is 1.29 bits per heavy atom. The molecule has 1 fully saturated rings. The van der Waals surface area contributed by atoms with Gasteiger partial charge in [-0.15, -0.1) is 11.3 Å². The molecule has 1 aromatic heterocycles. The fraction of sp³-hybridized carbons (Fsp3) is 0.417. The van der Waals surface area contributed by atoms with Gasteiger partial charge in [-0.1, -0.05) is 62.1 Å². The Balaban J connectivity index is 0.799. The van der Waals surface area contributed by atoms with E-state index in [1.54, 1.807) is 36.7 Å². The summed E-state index contributed by atoms with van der Waals surface area (Å²) in [7, 11) is 6.22. The molecule has 1 aliphatic heterocycles. The van der Waals surface area contributed by atoms with Crippen molar-refractivity contribution in [1.82, 2.24) is 14.8 Å². The lowest BCUT2D eigenvalue weighted by Crippen LogP contribution is -2.46. The van der Waals surface area contributed by atoms with Crippen LogP contribution in [-0.4, -0.2) is 101 Å². The van der Waals surface area contributed by atoms with E-state index in [0.717, 1.165) is 86.0 Å². The van der Waals surface area contributed by atoms with E-state index >= 15 is 0 Å². The fourth-order valence-corrected chi connectivity index (χ4v) is 8.27. The largest absolute Gasteiger partial charge is 0.494 e. The van der Waals surface area contributed by atoms with Gasteiger partial charge in [0.1, 0.15) is 10.8 Å². The van der Waals surface area contributed by atoms with Gasteiger partial charge in [-0.3, -0.25) is 4.79 Å². The summed E-state index contributed by atoms with van der Waals surface area (Å²) >= 11 is 1.72. The molecular formula is C48H59N3O7S. The predicted molar refractivity (Wildman–Crippen MR) is 238 cm³/mol. The average molecular weight is 822 g/mol. The van der Waals surface area contributed by atoms with Gasteiger partial charge in [0, 0.05) is 37.3 Å². The Bertz CT molecular complexity index is 2050. The van der Waals surface area contributed by atoms with Crippen LogP contribution in [-0.2, 0) is 0 Å². The van der Waals surface area contributed by atoms with Gasteiger partial charge in [0.2, 0.25) is 5.75 Å². The molecular weight excluding hydrogens is 763 g/mol. The molecule has 0 atom stereocenters. The second kappa shape index (κ2) is 22.9. The van der Waals surface area contributed by atoms with Gasteiger partial charge in [0.15, 0.2) is 28.8 Å². The summed E-state index contributed by atoms with van der Waals surface area (Å²) in [6.45, 7) is 8.36. The number of thiazole rings is 1. The van der Waals surface area contributed by atoms with Gasteiger partial charge in [0.05, 0.1) is 51.9 Å². The van der Waals surface area contributed by atoms with Gasteiger partial charge >= 0.3 is 0 Å². The zero-order valence-corrected chi connectivity index (χ0v) is 35.9. The third-order valence-electron chi connectivity index (χ3n) is 10.7. The van der Waals surface area contributed by atoms with E-state index in [2.05, 4.69) is 46.2 Å². The van der Waals surface area contributed by atoms with Gasteiger partial charge in [-0.05, 0) is 98.9 Å². The number of nitrogens with zero attached hydrogens (tertiary/aromatic N) is 3. The van der Waals surface area contributed by atoms with E-state index in [-0.39, 0.29) is 5.78 Å². The highest BCUT2D eigenvalue weighted by atomic mass is 32.1. The third kappa shape index (κ3) is 12.7. The number of hydrogen-bond acceptors (Lipinski definition) is 11. The number of methoxy groups -OCH3 is 4. The van der Waals surface area contributed by atoms with E-state index in [9.17, 15) is 4.79 Å². The molecule has 10 nitrogen and oxygen atoms in total. The van der Waals surface area contributed by atoms with Crippen LogP contribution in [0, 0.1) is 0 Å². The number of aromatic nitrogens is 1. The first-order chi connectivity index (χ1) is 29.0. The minimum atomic E-state index is -0.186. The zero-order chi connectivity index (χ0) is 41.2. The summed E-state index contributed by atoms with van der Waals surface area (Å²) in [4.78, 5) is 23.1. The lowest BCUT2D eigenvalue weighted by Gasteiger charge is -2.34. The molecule has 4 aromatic carbocycles. The Kier molecular flexibility index (Phi) is 16.9. The number of piperazine rings is 1. The SMILES string of the molecule is COc1ccc(/C=C/C(=O)c2cc(OC)c(OC)c(OC)c2)cc1OCCCCCCN1CCN(CCCCCCOc2cccc(-c3nc4ccccc4s3)c2)CC1. The zero-order valence-electron chi connectivity index (χ0n) is 35.1. The normalized spacial score (nSPS) is 13.5. The maximum atomic E-state index is 13.0. The molecule has 1 saturated heterocycles. The van der Waals surface area contributed by atoms with Crippen molar-refractivity contribution in [3.8, 4) is 45.1 Å².